The number of hydrogen-bond acceptors (Lipinski definition) is 1. The van der Waals surface area contributed by atoms with Crippen LogP contribution in [0.3, 0.4) is 0 Å². The Balaban J connectivity index is 1.50. The molecule has 7 atom stereocenters. The van der Waals surface area contributed by atoms with E-state index in [1.54, 1.807) is 0 Å². The van der Waals surface area contributed by atoms with E-state index in [0.29, 0.717) is 17.9 Å². The van der Waals surface area contributed by atoms with Crippen LogP contribution >= 0.6 is 27.5 Å². The van der Waals surface area contributed by atoms with Crippen LogP contribution in [0.2, 0.25) is 5.02 Å². The lowest BCUT2D eigenvalue weighted by Crippen LogP contribution is -2.40. The number of rotatable bonds is 1. The largest absolute Gasteiger partial charge is 0.378 e. The molecule has 0 saturated heterocycles. The van der Waals surface area contributed by atoms with Gasteiger partial charge in [-0.25, -0.2) is 0 Å². The molecule has 0 unspecified atom stereocenters. The van der Waals surface area contributed by atoms with Crippen LogP contribution in [0.25, 0.3) is 0 Å². The zero-order valence-corrected chi connectivity index (χ0v) is 16.7. The Morgan fingerprint density at radius 1 is 1.00 bits per heavy atom. The van der Waals surface area contributed by atoms with Crippen molar-refractivity contribution in [2.24, 2.45) is 29.6 Å². The average molecular weight is 427 g/mol. The molecule has 1 aliphatic heterocycles. The second kappa shape index (κ2) is 5.62. The molecule has 0 amide bonds. The molecule has 0 radical (unpaired) electrons. The third-order valence-electron chi connectivity index (χ3n) is 7.52. The molecular weight excluding hydrogens is 406 g/mol. The van der Waals surface area contributed by atoms with Crippen molar-refractivity contribution in [2.75, 3.05) is 5.32 Å². The predicted molar refractivity (Wildman–Crippen MR) is 111 cm³/mol. The van der Waals surface area contributed by atoms with E-state index in [4.69, 9.17) is 11.6 Å². The van der Waals surface area contributed by atoms with Gasteiger partial charge in [-0.05, 0) is 89.8 Å². The maximum absolute atomic E-state index is 6.41. The SMILES string of the molecule is Clc1ccc2c(c1)[C@H]1[C@H]3C[C@H]([C@H]4C=CC[C@H]43)[C@H]1[C@H](c1ccc(Br)cc1)N2. The van der Waals surface area contributed by atoms with Gasteiger partial charge in [0, 0.05) is 15.2 Å². The van der Waals surface area contributed by atoms with E-state index < -0.39 is 0 Å². The van der Waals surface area contributed by atoms with Crippen molar-refractivity contribution in [3.63, 3.8) is 0 Å². The summed E-state index contributed by atoms with van der Waals surface area (Å²) in [5.74, 6) is 4.56. The van der Waals surface area contributed by atoms with E-state index in [-0.39, 0.29) is 0 Å². The summed E-state index contributed by atoms with van der Waals surface area (Å²) in [6.07, 6.45) is 7.63. The summed E-state index contributed by atoms with van der Waals surface area (Å²) in [4.78, 5) is 0. The number of hydrogen-bond donors (Lipinski definition) is 1. The van der Waals surface area contributed by atoms with Crippen molar-refractivity contribution in [1.82, 2.24) is 0 Å². The van der Waals surface area contributed by atoms with Gasteiger partial charge in [0.15, 0.2) is 0 Å². The lowest BCUT2D eigenvalue weighted by Gasteiger charge is -2.47. The number of nitrogens with one attached hydrogen (secondary N) is 1. The molecular formula is C23H21BrClN. The Kier molecular flexibility index (Phi) is 3.41. The molecule has 2 bridgehead atoms. The summed E-state index contributed by atoms with van der Waals surface area (Å²) >= 11 is 9.99. The molecule has 3 heteroatoms. The van der Waals surface area contributed by atoms with Gasteiger partial charge in [-0.1, -0.05) is 51.8 Å². The minimum absolute atomic E-state index is 0.395. The van der Waals surface area contributed by atoms with Gasteiger partial charge in [-0.2, -0.15) is 0 Å². The van der Waals surface area contributed by atoms with E-state index in [1.807, 2.05) is 6.07 Å². The molecule has 1 N–H and O–H groups in total. The number of halogens is 2. The zero-order chi connectivity index (χ0) is 17.4. The fourth-order valence-corrected chi connectivity index (χ4v) is 7.16. The quantitative estimate of drug-likeness (QED) is 0.494. The first-order chi connectivity index (χ1) is 12.7. The summed E-state index contributed by atoms with van der Waals surface area (Å²) in [5.41, 5.74) is 4.17. The highest BCUT2D eigenvalue weighted by atomic mass is 79.9. The van der Waals surface area contributed by atoms with Crippen molar-refractivity contribution < 1.29 is 0 Å². The standard InChI is InChI=1S/C23H21BrClN/c24-13-6-4-12(5-7-13)23-22-18-11-17(15-2-1-3-16(15)18)21(22)19-10-14(25)8-9-20(19)26-23/h1,3-10,15-18,21-23,26H,2,11H2/t15-,16+,17+,18-,21-,22-,23+/m1/s1. The Bertz CT molecular complexity index is 905. The van der Waals surface area contributed by atoms with E-state index in [2.05, 4.69) is 69.8 Å². The minimum Gasteiger partial charge on any atom is -0.378 e. The smallest absolute Gasteiger partial charge is 0.0550 e. The fourth-order valence-electron chi connectivity index (χ4n) is 6.71. The van der Waals surface area contributed by atoms with Crippen LogP contribution in [-0.4, -0.2) is 0 Å². The second-order valence-corrected chi connectivity index (χ2v) is 9.83. The average Bonchev–Trinajstić information content (AvgIpc) is 3.34. The normalized spacial score (nSPS) is 38.6. The van der Waals surface area contributed by atoms with E-state index in [9.17, 15) is 0 Å². The molecule has 26 heavy (non-hydrogen) atoms. The van der Waals surface area contributed by atoms with Crippen LogP contribution in [0.4, 0.5) is 5.69 Å². The maximum atomic E-state index is 6.41. The van der Waals surface area contributed by atoms with E-state index in [1.165, 1.54) is 29.7 Å². The van der Waals surface area contributed by atoms with Gasteiger partial charge < -0.3 is 5.32 Å². The van der Waals surface area contributed by atoms with Crippen LogP contribution in [0, 0.1) is 29.6 Å². The highest BCUT2D eigenvalue weighted by molar-refractivity contribution is 9.10. The van der Waals surface area contributed by atoms with Crippen molar-refractivity contribution in [1.29, 1.82) is 0 Å². The lowest BCUT2D eigenvalue weighted by atomic mass is 9.62. The Labute approximate surface area is 168 Å². The molecule has 1 nitrogen and oxygen atoms in total. The summed E-state index contributed by atoms with van der Waals surface area (Å²) in [6.45, 7) is 0. The molecule has 2 aromatic rings. The van der Waals surface area contributed by atoms with Gasteiger partial charge in [0.25, 0.3) is 0 Å². The zero-order valence-electron chi connectivity index (χ0n) is 14.4. The Hall–Kier alpha value is -1.25. The Morgan fingerprint density at radius 3 is 2.69 bits per heavy atom. The molecule has 0 spiro atoms. The number of benzene rings is 2. The van der Waals surface area contributed by atoms with Crippen LogP contribution in [0.1, 0.15) is 35.9 Å². The molecule has 2 fully saturated rings. The van der Waals surface area contributed by atoms with E-state index >= 15 is 0 Å². The van der Waals surface area contributed by atoms with Gasteiger partial charge in [0.2, 0.25) is 0 Å². The summed E-state index contributed by atoms with van der Waals surface area (Å²) < 4.78 is 1.15. The summed E-state index contributed by atoms with van der Waals surface area (Å²) in [5, 5.41) is 4.77. The van der Waals surface area contributed by atoms with Crippen molar-refractivity contribution in [2.45, 2.75) is 24.8 Å². The molecule has 3 aliphatic carbocycles. The first kappa shape index (κ1) is 15.8. The molecule has 1 heterocycles. The van der Waals surface area contributed by atoms with Gasteiger partial charge in [-0.3, -0.25) is 0 Å². The van der Waals surface area contributed by atoms with Crippen molar-refractivity contribution in [3.05, 3.63) is 75.2 Å². The molecule has 132 valence electrons. The molecule has 4 aliphatic rings. The topological polar surface area (TPSA) is 12.0 Å². The van der Waals surface area contributed by atoms with Crippen LogP contribution < -0.4 is 5.32 Å². The fraction of sp³-hybridized carbons (Fsp3) is 0.391. The van der Waals surface area contributed by atoms with Gasteiger partial charge >= 0.3 is 0 Å². The maximum Gasteiger partial charge on any atom is 0.0550 e. The van der Waals surface area contributed by atoms with Gasteiger partial charge in [0.05, 0.1) is 6.04 Å². The molecule has 6 rings (SSSR count). The van der Waals surface area contributed by atoms with Gasteiger partial charge in [-0.15, -0.1) is 0 Å². The minimum atomic E-state index is 0.395. The van der Waals surface area contributed by atoms with Crippen molar-refractivity contribution >= 4 is 33.2 Å². The van der Waals surface area contributed by atoms with Gasteiger partial charge in [0.1, 0.15) is 0 Å². The first-order valence-electron chi connectivity index (χ1n) is 9.69. The molecule has 2 aromatic carbocycles. The monoisotopic (exact) mass is 425 g/mol. The number of fused-ring (bicyclic) bond motifs is 10. The molecule has 0 aromatic heterocycles. The Morgan fingerprint density at radius 2 is 1.85 bits per heavy atom. The second-order valence-electron chi connectivity index (χ2n) is 8.48. The highest BCUT2D eigenvalue weighted by Crippen LogP contribution is 2.69. The summed E-state index contributed by atoms with van der Waals surface area (Å²) in [7, 11) is 0. The third-order valence-corrected chi connectivity index (χ3v) is 8.28. The van der Waals surface area contributed by atoms with Crippen LogP contribution in [-0.2, 0) is 0 Å². The third kappa shape index (κ3) is 2.09. The summed E-state index contributed by atoms with van der Waals surface area (Å²) in [6, 6.07) is 15.8. The van der Waals surface area contributed by atoms with Crippen LogP contribution in [0.5, 0.6) is 0 Å². The lowest BCUT2D eigenvalue weighted by molar-refractivity contribution is 0.156. The van der Waals surface area contributed by atoms with Crippen LogP contribution in [0.15, 0.2) is 59.1 Å². The van der Waals surface area contributed by atoms with E-state index in [0.717, 1.165) is 33.2 Å². The molecule has 2 saturated carbocycles. The van der Waals surface area contributed by atoms with Crippen molar-refractivity contribution in [3.8, 4) is 0 Å². The predicted octanol–water partition coefficient (Wildman–Crippen LogP) is 6.81. The first-order valence-corrected chi connectivity index (χ1v) is 10.9. The highest BCUT2D eigenvalue weighted by Gasteiger charge is 2.61. The number of allylic oxidation sites excluding steroid dienone is 2. The number of anilines is 1.